The smallest absolute Gasteiger partial charge is 0.408 e. The first-order valence-electron chi connectivity index (χ1n) is 36.7. The molecule has 36 nitrogen and oxygen atoms in total. The number of aliphatic carboxylic acids is 1. The number of ether oxygens (including phenoxy) is 3. The fourth-order valence-corrected chi connectivity index (χ4v) is 16.7. The Morgan fingerprint density at radius 3 is 1.68 bits per heavy atom. The molecule has 8 atom stereocenters. The summed E-state index contributed by atoms with van der Waals surface area (Å²) >= 11 is 0. The maximum atomic E-state index is 15.2. The first kappa shape index (κ1) is 91.8. The van der Waals surface area contributed by atoms with Gasteiger partial charge in [-0.25, -0.2) is 14.4 Å². The van der Waals surface area contributed by atoms with E-state index in [9.17, 15) is 57.8 Å². The van der Waals surface area contributed by atoms with Crippen LogP contribution in [0.15, 0.2) is 89.2 Å². The minimum Gasteiger partial charge on any atom is -0.481 e. The number of alkyl carbamates (subject to hydrolysis) is 2. The lowest BCUT2D eigenvalue weighted by molar-refractivity contribution is -0.156. The summed E-state index contributed by atoms with van der Waals surface area (Å²) in [6, 6.07) is 9.01. The number of nitrogens with one attached hydrogen (secondary N) is 9. The number of H-pyrrole nitrogens is 1. The highest BCUT2D eigenvalue weighted by molar-refractivity contribution is 8.77. The van der Waals surface area contributed by atoms with E-state index in [4.69, 9.17) is 31.0 Å². The first-order chi connectivity index (χ1) is 53.7. The number of fused-ring (bicyclic) bond motifs is 1. The largest absolute Gasteiger partial charge is 0.481 e. The second-order valence-electron chi connectivity index (χ2n) is 28.9. The number of amides is 11. The van der Waals surface area contributed by atoms with Gasteiger partial charge in [-0.05, 0) is 119 Å². The summed E-state index contributed by atoms with van der Waals surface area (Å²) in [4.78, 5) is 192. The monoisotopic (exact) mass is 1640 g/mol. The van der Waals surface area contributed by atoms with Crippen LogP contribution in [0.3, 0.4) is 0 Å². The van der Waals surface area contributed by atoms with Gasteiger partial charge in [-0.1, -0.05) is 162 Å². The number of unbranched alkanes of at least 4 members (excludes halogenated alkanes) is 2. The van der Waals surface area contributed by atoms with Crippen LogP contribution in [0.1, 0.15) is 129 Å². The van der Waals surface area contributed by atoms with Crippen LogP contribution in [0.2, 0.25) is 0 Å². The molecule has 2 fully saturated rings. The lowest BCUT2D eigenvalue weighted by Gasteiger charge is -2.30. The number of carboxylic acid groups (broad SMARTS) is 1. The van der Waals surface area contributed by atoms with Gasteiger partial charge >= 0.3 is 24.1 Å². The van der Waals surface area contributed by atoms with E-state index in [2.05, 4.69) is 67.6 Å². The van der Waals surface area contributed by atoms with Gasteiger partial charge in [0.1, 0.15) is 61.5 Å². The number of azide groups is 2. The van der Waals surface area contributed by atoms with Gasteiger partial charge in [-0.3, -0.25) is 47.9 Å². The van der Waals surface area contributed by atoms with Gasteiger partial charge in [0.2, 0.25) is 47.3 Å². The van der Waals surface area contributed by atoms with Crippen molar-refractivity contribution in [1.29, 1.82) is 0 Å². The van der Waals surface area contributed by atoms with Crippen molar-refractivity contribution in [2.45, 2.75) is 190 Å². The van der Waals surface area contributed by atoms with Crippen LogP contribution < -0.4 is 48.3 Å². The molecule has 0 spiro atoms. The normalized spacial score (nSPS) is 15.6. The number of carbonyl (C=O) groups is 13. The number of nitrogens with zero attached hydrogens (tertiary/aromatic N) is 9. The molecule has 0 bridgehead atoms. The molecule has 614 valence electrons. The average molecular weight is 1640 g/mol. The van der Waals surface area contributed by atoms with Crippen molar-refractivity contribution >= 4 is 143 Å². The SMILES string of the molecule is CN(C)CCCC[C@H](NC(=O)CNC(=O)[C@H](CSSC(C)(C)C)NC(=O)OCc1ccc(N=[N+]=[N-])cc1)C(=O)N[C@@H](Cc1c[nH]c2ccccc12)C(=O)N[C@@H](CSSC(C)(C)C)C(=O)N1CCC[C@H]1C(=O)OCC(=O)N[C@@H](CCCCNC(=O)OCc1ccc(N=[N+]=[N-])cc1)C(=O)N[C@@H](CC(=O)O)C(=O)N1CCC[C@H]1C(N)=O. The van der Waals surface area contributed by atoms with Crippen molar-refractivity contribution in [3.8, 4) is 0 Å². The lowest BCUT2D eigenvalue weighted by Crippen LogP contribution is -2.59. The van der Waals surface area contributed by atoms with Crippen molar-refractivity contribution in [3.63, 3.8) is 0 Å². The van der Waals surface area contributed by atoms with Gasteiger partial charge in [0.25, 0.3) is 5.91 Å². The molecule has 3 aromatic carbocycles. The topological polar surface area (TPSA) is 515 Å². The van der Waals surface area contributed by atoms with E-state index in [1.165, 1.54) is 48.1 Å². The van der Waals surface area contributed by atoms with Crippen LogP contribution in [0.25, 0.3) is 31.8 Å². The Bertz CT molecular complexity index is 4060. The van der Waals surface area contributed by atoms with Crippen LogP contribution in [0.4, 0.5) is 21.0 Å². The molecule has 3 heterocycles. The lowest BCUT2D eigenvalue weighted by atomic mass is 10.0. The van der Waals surface area contributed by atoms with E-state index in [0.29, 0.717) is 53.9 Å². The maximum Gasteiger partial charge on any atom is 0.408 e. The molecule has 12 N–H and O–H groups in total. The predicted octanol–water partition coefficient (Wildman–Crippen LogP) is 7.10. The molecule has 2 aliphatic heterocycles. The third-order valence-electron chi connectivity index (χ3n) is 17.3. The molecule has 1 aromatic heterocycles. The van der Waals surface area contributed by atoms with Crippen LogP contribution in [-0.2, 0) is 86.6 Å². The Balaban J connectivity index is 1.17. The van der Waals surface area contributed by atoms with E-state index in [1.54, 1.807) is 60.8 Å². The minimum atomic E-state index is -1.72. The van der Waals surface area contributed by atoms with Gasteiger partial charge < -0.3 is 87.3 Å². The van der Waals surface area contributed by atoms with Crippen LogP contribution in [-0.4, -0.2) is 225 Å². The summed E-state index contributed by atoms with van der Waals surface area (Å²) in [7, 11) is 9.22. The van der Waals surface area contributed by atoms with E-state index in [-0.39, 0.29) is 105 Å². The number of para-hydroxylation sites is 1. The Morgan fingerprint density at radius 2 is 1.12 bits per heavy atom. The molecule has 2 aliphatic rings. The fraction of sp³-hybridized carbons (Fsp3) is 0.548. The van der Waals surface area contributed by atoms with E-state index >= 15 is 9.59 Å². The van der Waals surface area contributed by atoms with Gasteiger partial charge in [-0.15, -0.1) is 0 Å². The minimum absolute atomic E-state index is 0.00735. The molecule has 6 rings (SSSR count). The Labute approximate surface area is 670 Å². The molecular formula is C73H101N19O17S4. The molecule has 40 heteroatoms. The highest BCUT2D eigenvalue weighted by atomic mass is 33.1. The number of carboxylic acids is 1. The van der Waals surface area contributed by atoms with Crippen molar-refractivity contribution < 1.29 is 81.6 Å². The zero-order chi connectivity index (χ0) is 82.8. The van der Waals surface area contributed by atoms with Gasteiger partial charge in [-0.2, -0.15) is 0 Å². The highest BCUT2D eigenvalue weighted by Gasteiger charge is 2.42. The number of carbonyl (C=O) groups excluding carboxylic acids is 12. The average Bonchev–Trinajstić information content (AvgIpc) is 1.73. The fourth-order valence-electron chi connectivity index (χ4n) is 11.8. The molecule has 0 unspecified atom stereocenters. The number of likely N-dealkylation sites (tertiary alicyclic amines) is 2. The number of hydrogen-bond donors (Lipinski definition) is 11. The van der Waals surface area contributed by atoms with Crippen LogP contribution in [0, 0.1) is 0 Å². The quantitative estimate of drug-likeness (QED) is 0.00400. The number of aromatic amines is 1. The van der Waals surface area contributed by atoms with Gasteiger partial charge in [0, 0.05) is 85.4 Å². The van der Waals surface area contributed by atoms with Gasteiger partial charge in [0.15, 0.2) is 6.61 Å². The number of primary amides is 1. The Hall–Kier alpha value is -10.1. The molecule has 4 aromatic rings. The zero-order valence-electron chi connectivity index (χ0n) is 64.4. The molecular weight excluding hydrogens is 1540 g/mol. The van der Waals surface area contributed by atoms with Crippen molar-refractivity contribution in [1.82, 2.24) is 62.2 Å². The molecule has 11 amide bonds. The number of rotatable bonds is 44. The van der Waals surface area contributed by atoms with Gasteiger partial charge in [0.05, 0.1) is 13.0 Å². The predicted molar refractivity (Wildman–Crippen MR) is 428 cm³/mol. The van der Waals surface area contributed by atoms with Crippen molar-refractivity contribution in [2.24, 2.45) is 16.0 Å². The molecule has 0 radical (unpaired) electrons. The summed E-state index contributed by atoms with van der Waals surface area (Å²) in [6.45, 7) is 10.5. The standard InChI is InChI=1S/C73H101N19O17S4/c1-72(2,3)112-110-42-55(85-71(106)109-40-45-25-29-48(30-26-45)87-89-76)63(98)79-38-59(93)80-51(20-12-14-32-90(7)8)64(99)82-53(35-46-37-78-50-18-10-9-17-49(46)50)66(101)84-56(43-111-113-73(4,5)6)68(103)92-34-16-22-58(92)69(104)107-41-60(94)81-52(19-11-13-31-77-70(105)108-39-44-23-27-47(28-24-44)86-88-75)65(100)83-54(36-61(95)96)67(102)91-33-15-21-57(91)62(74)97/h9-10,17-18,23-30,37,51-58,78H,11-16,19-22,31-36,38-43H2,1-8H3,(H2,74,97)(H,77,105)(H,79,98)(H,80,93)(H,81,94)(H,82,99)(H,83,100)(H,84,101)(H,85,106)(H,95,96)/t51-,52-,53-,54-,55-,56-,57-,58-/m0/s1. The summed E-state index contributed by atoms with van der Waals surface area (Å²) in [5.74, 6) is -10.0. The first-order valence-corrected chi connectivity index (χ1v) is 41.3. The Kier molecular flexibility index (Phi) is 37.5. The number of hydrogen-bond acceptors (Lipinski definition) is 23. The Morgan fingerprint density at radius 1 is 0.602 bits per heavy atom. The third kappa shape index (κ3) is 32.5. The molecule has 2 saturated heterocycles. The zero-order valence-corrected chi connectivity index (χ0v) is 67.7. The second-order valence-corrected chi connectivity index (χ2v) is 35.3. The number of benzene rings is 3. The summed E-state index contributed by atoms with van der Waals surface area (Å²) in [5, 5.41) is 38.7. The number of aromatic nitrogens is 1. The van der Waals surface area contributed by atoms with Crippen molar-refractivity contribution in [2.75, 3.05) is 64.9 Å². The summed E-state index contributed by atoms with van der Waals surface area (Å²) in [5.41, 5.74) is 26.2. The summed E-state index contributed by atoms with van der Waals surface area (Å²) < 4.78 is 15.7. The number of esters is 1. The van der Waals surface area contributed by atoms with E-state index in [0.717, 1.165) is 15.8 Å². The molecule has 0 saturated carbocycles. The van der Waals surface area contributed by atoms with Crippen molar-refractivity contribution in [3.05, 3.63) is 117 Å². The van der Waals surface area contributed by atoms with E-state index < -0.39 is 145 Å². The molecule has 113 heavy (non-hydrogen) atoms. The van der Waals surface area contributed by atoms with Crippen LogP contribution in [0.5, 0.6) is 0 Å². The number of nitrogens with two attached hydrogens (primary N) is 1. The van der Waals surface area contributed by atoms with E-state index in [1.807, 2.05) is 78.7 Å². The van der Waals surface area contributed by atoms with Crippen LogP contribution >= 0.6 is 43.2 Å². The summed E-state index contributed by atoms with van der Waals surface area (Å²) in [6.07, 6.45) is 1.09. The molecule has 0 aliphatic carbocycles. The highest BCUT2D eigenvalue weighted by Crippen LogP contribution is 2.37. The second kappa shape index (κ2) is 46.2. The maximum absolute atomic E-state index is 15.2. The third-order valence-corrected chi connectivity index (χ3v) is 23.9.